The average molecular weight is 284 g/mol. The van der Waals surface area contributed by atoms with E-state index in [1.165, 1.54) is 12.8 Å². The molecule has 0 heterocycles. The molecule has 0 saturated carbocycles. The van der Waals surface area contributed by atoms with E-state index in [9.17, 15) is 0 Å². The van der Waals surface area contributed by atoms with Gasteiger partial charge in [0, 0.05) is 18.7 Å². The lowest BCUT2D eigenvalue weighted by Gasteiger charge is -2.13. The molecule has 3 nitrogen and oxygen atoms in total. The van der Waals surface area contributed by atoms with Crippen LogP contribution in [0.4, 0.5) is 5.69 Å². The normalized spacial score (nSPS) is 10.1. The lowest BCUT2D eigenvalue weighted by Crippen LogP contribution is -2.03. The van der Waals surface area contributed by atoms with Crippen LogP contribution < -0.4 is 14.8 Å². The lowest BCUT2D eigenvalue weighted by molar-refractivity contribution is 0.404. The van der Waals surface area contributed by atoms with E-state index >= 15 is 0 Å². The molecule has 1 rings (SSSR count). The zero-order valence-electron chi connectivity index (χ0n) is 11.7. The lowest BCUT2D eigenvalue weighted by atomic mass is 10.2. The molecule has 0 fully saturated rings. The highest BCUT2D eigenvalue weighted by Crippen LogP contribution is 2.35. The summed E-state index contributed by atoms with van der Waals surface area (Å²) in [5.74, 6) is 1.38. The van der Waals surface area contributed by atoms with Crippen LogP contribution in [0.5, 0.6) is 11.5 Å². The summed E-state index contributed by atoms with van der Waals surface area (Å²) in [6.07, 6.45) is 6.53. The van der Waals surface area contributed by atoms with Crippen molar-refractivity contribution in [3.8, 4) is 11.5 Å². The maximum atomic E-state index is 6.06. The summed E-state index contributed by atoms with van der Waals surface area (Å²) in [6, 6.07) is 3.63. The summed E-state index contributed by atoms with van der Waals surface area (Å²) in [7, 11) is 3.24. The largest absolute Gasteiger partial charge is 0.495 e. The molecule has 0 aromatic heterocycles. The van der Waals surface area contributed by atoms with Crippen molar-refractivity contribution in [3.05, 3.63) is 29.8 Å². The maximum Gasteiger partial charge on any atom is 0.143 e. The summed E-state index contributed by atoms with van der Waals surface area (Å²) < 4.78 is 10.5. The van der Waals surface area contributed by atoms with E-state index in [2.05, 4.69) is 11.9 Å². The van der Waals surface area contributed by atoms with Crippen LogP contribution in [0, 0.1) is 0 Å². The van der Waals surface area contributed by atoms with E-state index in [-0.39, 0.29) is 0 Å². The summed E-state index contributed by atoms with van der Waals surface area (Å²) >= 11 is 6.06. The van der Waals surface area contributed by atoms with Crippen molar-refractivity contribution in [1.82, 2.24) is 0 Å². The van der Waals surface area contributed by atoms with Crippen molar-refractivity contribution in [2.45, 2.75) is 25.7 Å². The quantitative estimate of drug-likeness (QED) is 0.534. The number of rotatable bonds is 9. The summed E-state index contributed by atoms with van der Waals surface area (Å²) in [4.78, 5) is 0. The Labute approximate surface area is 120 Å². The van der Waals surface area contributed by atoms with Crippen molar-refractivity contribution in [3.63, 3.8) is 0 Å². The predicted octanol–water partition coefficient (Wildman–Crippen LogP) is 4.52. The molecule has 0 amide bonds. The van der Waals surface area contributed by atoms with E-state index in [1.807, 2.05) is 12.1 Å². The standard InChI is InChI=1S/C15H22ClNO2/c1-4-5-6-7-8-9-17-13-11-14(18-2)12(16)10-15(13)19-3/h4,10-11,17H,1,5-9H2,2-3H3. The molecule has 0 radical (unpaired) electrons. The van der Waals surface area contributed by atoms with Crippen LogP contribution >= 0.6 is 11.6 Å². The number of allylic oxidation sites excluding steroid dienone is 1. The highest BCUT2D eigenvalue weighted by molar-refractivity contribution is 6.32. The van der Waals surface area contributed by atoms with Gasteiger partial charge < -0.3 is 14.8 Å². The Hall–Kier alpha value is -1.35. The van der Waals surface area contributed by atoms with Crippen molar-refractivity contribution in [1.29, 1.82) is 0 Å². The molecule has 0 spiro atoms. The van der Waals surface area contributed by atoms with Crippen LogP contribution in [0.3, 0.4) is 0 Å². The van der Waals surface area contributed by atoms with E-state index in [4.69, 9.17) is 21.1 Å². The number of methoxy groups -OCH3 is 2. The second-order valence-electron chi connectivity index (χ2n) is 4.25. The number of unbranched alkanes of at least 4 members (excludes halogenated alkanes) is 3. The predicted molar refractivity (Wildman–Crippen MR) is 81.7 cm³/mol. The molecule has 4 heteroatoms. The van der Waals surface area contributed by atoms with Crippen LogP contribution in [-0.4, -0.2) is 20.8 Å². The number of ether oxygens (including phenoxy) is 2. The number of anilines is 1. The van der Waals surface area contributed by atoms with Gasteiger partial charge >= 0.3 is 0 Å². The van der Waals surface area contributed by atoms with Gasteiger partial charge in [-0.05, 0) is 19.3 Å². The fourth-order valence-electron chi connectivity index (χ4n) is 1.81. The zero-order valence-corrected chi connectivity index (χ0v) is 12.4. The first-order valence-corrected chi connectivity index (χ1v) is 6.87. The van der Waals surface area contributed by atoms with E-state index < -0.39 is 0 Å². The Morgan fingerprint density at radius 3 is 2.53 bits per heavy atom. The fourth-order valence-corrected chi connectivity index (χ4v) is 2.04. The third-order valence-corrected chi connectivity index (χ3v) is 3.17. The van der Waals surface area contributed by atoms with Gasteiger partial charge in [0.05, 0.1) is 24.9 Å². The van der Waals surface area contributed by atoms with Crippen LogP contribution in [0.1, 0.15) is 25.7 Å². The molecule has 1 N–H and O–H groups in total. The minimum Gasteiger partial charge on any atom is -0.495 e. The highest BCUT2D eigenvalue weighted by Gasteiger charge is 2.09. The molecule has 0 aliphatic carbocycles. The maximum absolute atomic E-state index is 6.06. The van der Waals surface area contributed by atoms with Crippen LogP contribution in [0.15, 0.2) is 24.8 Å². The second-order valence-corrected chi connectivity index (χ2v) is 4.66. The van der Waals surface area contributed by atoms with Gasteiger partial charge in [0.2, 0.25) is 0 Å². The first-order chi connectivity index (χ1) is 9.22. The molecule has 0 unspecified atom stereocenters. The Kier molecular flexibility index (Phi) is 7.19. The van der Waals surface area contributed by atoms with Gasteiger partial charge in [-0.2, -0.15) is 0 Å². The molecule has 0 saturated heterocycles. The van der Waals surface area contributed by atoms with Crippen molar-refractivity contribution < 1.29 is 9.47 Å². The van der Waals surface area contributed by atoms with Gasteiger partial charge in [-0.15, -0.1) is 6.58 Å². The van der Waals surface area contributed by atoms with Gasteiger partial charge in [0.15, 0.2) is 0 Å². The summed E-state index contributed by atoms with van der Waals surface area (Å²) in [5, 5.41) is 3.91. The molecule has 106 valence electrons. The molecule has 19 heavy (non-hydrogen) atoms. The summed E-state index contributed by atoms with van der Waals surface area (Å²) in [6.45, 7) is 4.62. The van der Waals surface area contributed by atoms with Gasteiger partial charge in [-0.1, -0.05) is 24.1 Å². The van der Waals surface area contributed by atoms with Gasteiger partial charge in [-0.25, -0.2) is 0 Å². The molecular weight excluding hydrogens is 262 g/mol. The topological polar surface area (TPSA) is 30.5 Å². The SMILES string of the molecule is C=CCCCCCNc1cc(OC)c(Cl)cc1OC. The number of hydrogen-bond donors (Lipinski definition) is 1. The van der Waals surface area contributed by atoms with E-state index in [0.29, 0.717) is 10.8 Å². The number of hydrogen-bond acceptors (Lipinski definition) is 3. The monoisotopic (exact) mass is 283 g/mol. The van der Waals surface area contributed by atoms with Crippen LogP contribution in [-0.2, 0) is 0 Å². The smallest absolute Gasteiger partial charge is 0.143 e. The number of halogens is 1. The first kappa shape index (κ1) is 15.7. The van der Waals surface area contributed by atoms with Crippen LogP contribution in [0.2, 0.25) is 5.02 Å². The van der Waals surface area contributed by atoms with Crippen molar-refractivity contribution in [2.75, 3.05) is 26.1 Å². The van der Waals surface area contributed by atoms with Gasteiger partial charge in [0.1, 0.15) is 11.5 Å². The number of benzene rings is 1. The Morgan fingerprint density at radius 1 is 1.16 bits per heavy atom. The second kappa shape index (κ2) is 8.70. The third-order valence-electron chi connectivity index (χ3n) is 2.87. The molecule has 0 atom stereocenters. The first-order valence-electron chi connectivity index (χ1n) is 6.49. The van der Waals surface area contributed by atoms with E-state index in [1.54, 1.807) is 20.3 Å². The Bertz CT molecular complexity index is 407. The zero-order chi connectivity index (χ0) is 14.1. The molecule has 0 aliphatic heterocycles. The Balaban J connectivity index is 2.54. The minimum atomic E-state index is 0.552. The van der Waals surface area contributed by atoms with Crippen LogP contribution in [0.25, 0.3) is 0 Å². The fraction of sp³-hybridized carbons (Fsp3) is 0.467. The highest BCUT2D eigenvalue weighted by atomic mass is 35.5. The van der Waals surface area contributed by atoms with Crippen molar-refractivity contribution in [2.24, 2.45) is 0 Å². The minimum absolute atomic E-state index is 0.552. The molecular formula is C15H22ClNO2. The number of nitrogens with one attached hydrogen (secondary N) is 1. The molecule has 0 bridgehead atoms. The average Bonchev–Trinajstić information content (AvgIpc) is 2.43. The molecule has 0 aliphatic rings. The van der Waals surface area contributed by atoms with Gasteiger partial charge in [0.25, 0.3) is 0 Å². The van der Waals surface area contributed by atoms with Gasteiger partial charge in [-0.3, -0.25) is 0 Å². The third kappa shape index (κ3) is 5.03. The Morgan fingerprint density at radius 2 is 1.89 bits per heavy atom. The molecule has 1 aromatic rings. The molecule has 1 aromatic carbocycles. The summed E-state index contributed by atoms with van der Waals surface area (Å²) in [5.41, 5.74) is 0.910. The van der Waals surface area contributed by atoms with Crippen molar-refractivity contribution >= 4 is 17.3 Å². The van der Waals surface area contributed by atoms with E-state index in [0.717, 1.165) is 30.8 Å².